The van der Waals surface area contributed by atoms with Gasteiger partial charge in [-0.05, 0) is 49.7 Å². The van der Waals surface area contributed by atoms with E-state index in [1.165, 1.54) is 0 Å². The molecule has 2 heterocycles. The van der Waals surface area contributed by atoms with Crippen molar-refractivity contribution in [3.63, 3.8) is 0 Å². The molecule has 1 saturated heterocycles. The number of rotatable bonds is 5. The van der Waals surface area contributed by atoms with E-state index >= 15 is 0 Å². The van der Waals surface area contributed by atoms with Crippen molar-refractivity contribution in [3.05, 3.63) is 64.4 Å². The van der Waals surface area contributed by atoms with Crippen LogP contribution in [0.4, 0.5) is 0 Å². The van der Waals surface area contributed by atoms with E-state index in [2.05, 4.69) is 43.5 Å². The third kappa shape index (κ3) is 4.14. The van der Waals surface area contributed by atoms with Gasteiger partial charge in [-0.15, -0.1) is 0 Å². The van der Waals surface area contributed by atoms with Gasteiger partial charge in [0.2, 0.25) is 0 Å². The predicted octanol–water partition coefficient (Wildman–Crippen LogP) is 4.22. The van der Waals surface area contributed by atoms with Gasteiger partial charge in [0.25, 0.3) is 5.89 Å². The lowest BCUT2D eigenvalue weighted by atomic mass is 10.1. The normalized spacial score (nSPS) is 15.1. The first-order chi connectivity index (χ1) is 12.8. The number of nitrogens with zero attached hydrogens (tertiary/aromatic N) is 2. The number of piperidine rings is 1. The smallest absolute Gasteiger partial charge is 0.261 e. The van der Waals surface area contributed by atoms with Gasteiger partial charge in [-0.25, -0.2) is 0 Å². The molecule has 0 radical (unpaired) electrons. The Kier molecular flexibility index (Phi) is 5.32. The summed E-state index contributed by atoms with van der Waals surface area (Å²) in [6.07, 6.45) is 2.85. The highest BCUT2D eigenvalue weighted by molar-refractivity contribution is 9.10. The van der Waals surface area contributed by atoms with Crippen LogP contribution in [0.25, 0.3) is 11.5 Å². The Bertz CT molecular complexity index is 861. The topological polar surface area (TPSA) is 60.2 Å². The molecular formula is C20H20BrN3O2. The molecule has 134 valence electrons. The average molecular weight is 414 g/mol. The highest BCUT2D eigenvalue weighted by Gasteiger charge is 2.20. The molecule has 1 fully saturated rings. The van der Waals surface area contributed by atoms with Gasteiger partial charge in [0.15, 0.2) is 5.82 Å². The Balaban J connectivity index is 1.57. The van der Waals surface area contributed by atoms with Crippen LogP contribution in [-0.2, 0) is 6.42 Å². The maximum atomic E-state index is 6.23. The molecule has 0 unspecified atom stereocenters. The molecule has 0 amide bonds. The van der Waals surface area contributed by atoms with Gasteiger partial charge >= 0.3 is 0 Å². The average Bonchev–Trinajstić information content (AvgIpc) is 3.13. The standard InChI is InChI=1S/C20H20BrN3O2/c21-15-6-7-18(25-16-8-10-22-11-9-16)17(13-15)20-23-19(24-26-20)12-14-4-2-1-3-5-14/h1-7,13,16,22H,8-12H2. The molecule has 0 saturated carbocycles. The van der Waals surface area contributed by atoms with Crippen molar-refractivity contribution in [1.29, 1.82) is 0 Å². The van der Waals surface area contributed by atoms with Crippen molar-refractivity contribution in [3.8, 4) is 17.2 Å². The summed E-state index contributed by atoms with van der Waals surface area (Å²) < 4.78 is 12.7. The first-order valence-corrected chi connectivity index (χ1v) is 9.61. The van der Waals surface area contributed by atoms with Crippen molar-refractivity contribution < 1.29 is 9.26 Å². The molecule has 0 atom stereocenters. The predicted molar refractivity (Wildman–Crippen MR) is 103 cm³/mol. The van der Waals surface area contributed by atoms with E-state index in [-0.39, 0.29) is 6.10 Å². The molecule has 5 nitrogen and oxygen atoms in total. The van der Waals surface area contributed by atoms with Gasteiger partial charge in [-0.3, -0.25) is 0 Å². The van der Waals surface area contributed by atoms with Crippen LogP contribution in [0.1, 0.15) is 24.2 Å². The Morgan fingerprint density at radius 3 is 2.73 bits per heavy atom. The fourth-order valence-corrected chi connectivity index (χ4v) is 3.44. The molecule has 1 N–H and O–H groups in total. The van der Waals surface area contributed by atoms with Crippen LogP contribution in [0, 0.1) is 0 Å². The summed E-state index contributed by atoms with van der Waals surface area (Å²) in [4.78, 5) is 4.58. The lowest BCUT2D eigenvalue weighted by Crippen LogP contribution is -2.34. The molecule has 2 aromatic carbocycles. The molecule has 1 aliphatic heterocycles. The van der Waals surface area contributed by atoms with Gasteiger partial charge in [0.1, 0.15) is 11.9 Å². The highest BCUT2D eigenvalue weighted by atomic mass is 79.9. The second-order valence-electron chi connectivity index (χ2n) is 6.39. The Labute approximate surface area is 160 Å². The largest absolute Gasteiger partial charge is 0.489 e. The molecule has 6 heteroatoms. The zero-order valence-electron chi connectivity index (χ0n) is 14.3. The van der Waals surface area contributed by atoms with E-state index in [0.29, 0.717) is 18.1 Å². The summed E-state index contributed by atoms with van der Waals surface area (Å²) in [6.45, 7) is 1.97. The number of benzene rings is 2. The quantitative estimate of drug-likeness (QED) is 0.678. The minimum atomic E-state index is 0.211. The van der Waals surface area contributed by atoms with Crippen molar-refractivity contribution >= 4 is 15.9 Å². The van der Waals surface area contributed by atoms with Crippen LogP contribution in [0.5, 0.6) is 5.75 Å². The van der Waals surface area contributed by atoms with Gasteiger partial charge in [-0.1, -0.05) is 51.4 Å². The zero-order chi connectivity index (χ0) is 17.8. The summed E-state index contributed by atoms with van der Waals surface area (Å²) in [5.74, 6) is 1.94. The minimum Gasteiger partial charge on any atom is -0.489 e. The number of hydrogen-bond donors (Lipinski definition) is 1. The highest BCUT2D eigenvalue weighted by Crippen LogP contribution is 2.33. The Morgan fingerprint density at radius 1 is 1.12 bits per heavy atom. The maximum Gasteiger partial charge on any atom is 0.261 e. The number of aromatic nitrogens is 2. The summed E-state index contributed by atoms with van der Waals surface area (Å²) in [5.41, 5.74) is 1.98. The second kappa shape index (κ2) is 8.01. The van der Waals surface area contributed by atoms with Crippen molar-refractivity contribution in [2.24, 2.45) is 0 Å². The van der Waals surface area contributed by atoms with E-state index in [1.54, 1.807) is 0 Å². The molecule has 0 aliphatic carbocycles. The molecule has 1 aromatic heterocycles. The number of hydrogen-bond acceptors (Lipinski definition) is 5. The number of ether oxygens (including phenoxy) is 1. The van der Waals surface area contributed by atoms with Gasteiger partial charge < -0.3 is 14.6 Å². The summed E-state index contributed by atoms with van der Waals surface area (Å²) in [6, 6.07) is 16.0. The summed E-state index contributed by atoms with van der Waals surface area (Å²) in [5, 5.41) is 7.49. The van der Waals surface area contributed by atoms with Crippen LogP contribution in [0.15, 0.2) is 57.5 Å². The van der Waals surface area contributed by atoms with Gasteiger partial charge in [0, 0.05) is 10.9 Å². The molecule has 0 bridgehead atoms. The van der Waals surface area contributed by atoms with Crippen LogP contribution in [0.2, 0.25) is 0 Å². The molecular weight excluding hydrogens is 394 g/mol. The summed E-state index contributed by atoms with van der Waals surface area (Å²) in [7, 11) is 0. The van der Waals surface area contributed by atoms with Crippen LogP contribution >= 0.6 is 15.9 Å². The summed E-state index contributed by atoms with van der Waals surface area (Å²) >= 11 is 3.52. The Morgan fingerprint density at radius 2 is 1.92 bits per heavy atom. The molecule has 1 aliphatic rings. The van der Waals surface area contributed by atoms with Crippen molar-refractivity contribution in [2.45, 2.75) is 25.4 Å². The number of nitrogens with one attached hydrogen (secondary N) is 1. The van der Waals surface area contributed by atoms with Gasteiger partial charge in [0.05, 0.1) is 5.56 Å². The molecule has 3 aromatic rings. The van der Waals surface area contributed by atoms with E-state index in [9.17, 15) is 0 Å². The molecule has 4 rings (SSSR count). The fourth-order valence-electron chi connectivity index (χ4n) is 3.08. The van der Waals surface area contributed by atoms with Crippen LogP contribution in [0.3, 0.4) is 0 Å². The lowest BCUT2D eigenvalue weighted by molar-refractivity contribution is 0.163. The van der Waals surface area contributed by atoms with E-state index in [0.717, 1.165) is 47.3 Å². The van der Waals surface area contributed by atoms with Crippen LogP contribution in [-0.4, -0.2) is 29.3 Å². The van der Waals surface area contributed by atoms with Crippen LogP contribution < -0.4 is 10.1 Å². The second-order valence-corrected chi connectivity index (χ2v) is 7.30. The maximum absolute atomic E-state index is 6.23. The number of halogens is 1. The van der Waals surface area contributed by atoms with Crippen molar-refractivity contribution in [1.82, 2.24) is 15.5 Å². The lowest BCUT2D eigenvalue weighted by Gasteiger charge is -2.24. The van der Waals surface area contributed by atoms with E-state index in [1.807, 2.05) is 36.4 Å². The third-order valence-electron chi connectivity index (χ3n) is 4.42. The first-order valence-electron chi connectivity index (χ1n) is 8.82. The third-order valence-corrected chi connectivity index (χ3v) is 4.92. The monoisotopic (exact) mass is 413 g/mol. The van der Waals surface area contributed by atoms with Gasteiger partial charge in [-0.2, -0.15) is 4.98 Å². The molecule has 0 spiro atoms. The fraction of sp³-hybridized carbons (Fsp3) is 0.300. The first kappa shape index (κ1) is 17.2. The zero-order valence-corrected chi connectivity index (χ0v) is 15.9. The van der Waals surface area contributed by atoms with Crippen molar-refractivity contribution in [2.75, 3.05) is 13.1 Å². The Hall–Kier alpha value is -2.18. The van der Waals surface area contributed by atoms with E-state index < -0.39 is 0 Å². The van der Waals surface area contributed by atoms with E-state index in [4.69, 9.17) is 9.26 Å². The molecule has 26 heavy (non-hydrogen) atoms. The SMILES string of the molecule is Brc1ccc(OC2CCNCC2)c(-c2nc(Cc3ccccc3)no2)c1. The minimum absolute atomic E-state index is 0.211.